The monoisotopic (exact) mass is 427 g/mol. The first-order valence-corrected chi connectivity index (χ1v) is 10.9. The Labute approximate surface area is 178 Å². The first-order valence-electron chi connectivity index (χ1n) is 10.1. The zero-order valence-electron chi connectivity index (χ0n) is 17.4. The third-order valence-corrected chi connectivity index (χ3v) is 6.14. The van der Waals surface area contributed by atoms with Crippen molar-refractivity contribution in [3.8, 4) is 11.6 Å². The van der Waals surface area contributed by atoms with Crippen LogP contribution in [0.15, 0.2) is 29.2 Å². The van der Waals surface area contributed by atoms with Gasteiger partial charge < -0.3 is 9.47 Å². The maximum atomic E-state index is 12.6. The van der Waals surface area contributed by atoms with Crippen LogP contribution >= 0.6 is 11.3 Å². The van der Waals surface area contributed by atoms with E-state index in [0.29, 0.717) is 49.3 Å². The molecular weight excluding hydrogens is 402 g/mol. The highest BCUT2D eigenvalue weighted by Gasteiger charge is 2.40. The summed E-state index contributed by atoms with van der Waals surface area (Å²) in [5.74, 6) is 2.05. The SMILES string of the molecule is CCn1nc(OC[C@H]2C[C@@H]2c2ccc(OC)cn2)cc(CCc2nnc(C)s2)c1=O. The maximum absolute atomic E-state index is 12.6. The molecule has 0 amide bonds. The van der Waals surface area contributed by atoms with Crippen molar-refractivity contribution in [1.82, 2.24) is 25.0 Å². The highest BCUT2D eigenvalue weighted by Crippen LogP contribution is 2.46. The number of rotatable bonds is 9. The largest absolute Gasteiger partial charge is 0.495 e. The second kappa shape index (κ2) is 8.91. The quantitative estimate of drug-likeness (QED) is 0.518. The summed E-state index contributed by atoms with van der Waals surface area (Å²) in [7, 11) is 1.64. The van der Waals surface area contributed by atoms with Crippen LogP contribution in [0, 0.1) is 12.8 Å². The normalized spacial score (nSPS) is 17.7. The van der Waals surface area contributed by atoms with Crippen LogP contribution in [-0.2, 0) is 19.4 Å². The summed E-state index contributed by atoms with van der Waals surface area (Å²) in [6.45, 7) is 4.89. The fourth-order valence-corrected chi connectivity index (χ4v) is 4.14. The molecule has 0 spiro atoms. The molecule has 3 aromatic rings. The van der Waals surface area contributed by atoms with Crippen LogP contribution in [0.4, 0.5) is 0 Å². The van der Waals surface area contributed by atoms with E-state index < -0.39 is 0 Å². The van der Waals surface area contributed by atoms with Gasteiger partial charge >= 0.3 is 0 Å². The van der Waals surface area contributed by atoms with Crippen LogP contribution < -0.4 is 15.0 Å². The minimum atomic E-state index is -0.0715. The molecule has 3 heterocycles. The molecule has 1 aliphatic rings. The van der Waals surface area contributed by atoms with Gasteiger partial charge in [0.1, 0.15) is 15.8 Å². The third kappa shape index (κ3) is 4.67. The minimum absolute atomic E-state index is 0.0715. The van der Waals surface area contributed by atoms with Gasteiger partial charge in [-0.2, -0.15) is 0 Å². The second-order valence-corrected chi connectivity index (χ2v) is 8.65. The molecule has 3 aromatic heterocycles. The van der Waals surface area contributed by atoms with E-state index in [1.165, 1.54) is 4.68 Å². The summed E-state index contributed by atoms with van der Waals surface area (Å²) < 4.78 is 12.6. The lowest BCUT2D eigenvalue weighted by atomic mass is 10.2. The van der Waals surface area contributed by atoms with E-state index in [-0.39, 0.29) is 5.56 Å². The van der Waals surface area contributed by atoms with Crippen molar-refractivity contribution in [1.29, 1.82) is 0 Å². The Morgan fingerprint density at radius 2 is 2.13 bits per heavy atom. The molecule has 1 saturated carbocycles. The van der Waals surface area contributed by atoms with Crippen LogP contribution in [-0.4, -0.2) is 38.7 Å². The summed E-state index contributed by atoms with van der Waals surface area (Å²) in [4.78, 5) is 17.1. The highest BCUT2D eigenvalue weighted by atomic mass is 32.1. The number of aryl methyl sites for hydroxylation is 4. The zero-order valence-corrected chi connectivity index (χ0v) is 18.2. The summed E-state index contributed by atoms with van der Waals surface area (Å²) in [5, 5.41) is 14.4. The average Bonchev–Trinajstić information content (AvgIpc) is 3.43. The van der Waals surface area contributed by atoms with Crippen LogP contribution in [0.2, 0.25) is 0 Å². The van der Waals surface area contributed by atoms with E-state index >= 15 is 0 Å². The Morgan fingerprint density at radius 1 is 1.27 bits per heavy atom. The molecule has 0 aliphatic heterocycles. The van der Waals surface area contributed by atoms with Crippen LogP contribution in [0.5, 0.6) is 11.6 Å². The summed E-state index contributed by atoms with van der Waals surface area (Å²) in [5.41, 5.74) is 1.68. The number of pyridine rings is 1. The Morgan fingerprint density at radius 3 is 2.80 bits per heavy atom. The predicted molar refractivity (Wildman–Crippen MR) is 113 cm³/mol. The number of ether oxygens (including phenoxy) is 2. The molecule has 0 radical (unpaired) electrons. The van der Waals surface area contributed by atoms with Gasteiger partial charge in [0.15, 0.2) is 0 Å². The lowest BCUT2D eigenvalue weighted by Crippen LogP contribution is -2.26. The molecule has 0 aromatic carbocycles. The number of hydrogen-bond donors (Lipinski definition) is 0. The first kappa shape index (κ1) is 20.5. The molecule has 0 saturated heterocycles. The molecule has 1 fully saturated rings. The molecule has 0 bridgehead atoms. The molecule has 4 rings (SSSR count). The summed E-state index contributed by atoms with van der Waals surface area (Å²) >= 11 is 1.56. The fourth-order valence-electron chi connectivity index (χ4n) is 3.43. The maximum Gasteiger partial charge on any atom is 0.270 e. The van der Waals surface area contributed by atoms with Crippen molar-refractivity contribution < 1.29 is 9.47 Å². The van der Waals surface area contributed by atoms with E-state index in [1.807, 2.05) is 26.0 Å². The molecule has 9 heteroatoms. The fraction of sp³-hybridized carbons (Fsp3) is 0.476. The lowest BCUT2D eigenvalue weighted by Gasteiger charge is -2.10. The summed E-state index contributed by atoms with van der Waals surface area (Å²) in [6.07, 6.45) is 4.06. The number of methoxy groups -OCH3 is 1. The van der Waals surface area contributed by atoms with Gasteiger partial charge in [-0.3, -0.25) is 9.78 Å². The van der Waals surface area contributed by atoms with E-state index in [2.05, 4.69) is 20.3 Å². The minimum Gasteiger partial charge on any atom is -0.495 e. The highest BCUT2D eigenvalue weighted by molar-refractivity contribution is 7.11. The standard InChI is InChI=1S/C21H25N5O3S/c1-4-26-21(27)14(5-8-20-24-23-13(2)30-20)10-19(25-26)29-12-15-9-17(15)18-7-6-16(28-3)11-22-18/h6-7,10-11,15,17H,4-5,8-9,12H2,1-3H3/t15-,17+/m1/s1. The average molecular weight is 428 g/mol. The Hall–Kier alpha value is -2.81. The Bertz CT molecular complexity index is 1060. The summed E-state index contributed by atoms with van der Waals surface area (Å²) in [6, 6.07) is 5.71. The van der Waals surface area contributed by atoms with Crippen molar-refractivity contribution in [2.75, 3.05) is 13.7 Å². The van der Waals surface area contributed by atoms with Crippen molar-refractivity contribution in [2.45, 2.75) is 45.6 Å². The molecule has 30 heavy (non-hydrogen) atoms. The predicted octanol–water partition coefficient (Wildman–Crippen LogP) is 2.79. The molecule has 1 aliphatic carbocycles. The molecule has 2 atom stereocenters. The van der Waals surface area contributed by atoms with Crippen molar-refractivity contribution >= 4 is 11.3 Å². The van der Waals surface area contributed by atoms with Gasteiger partial charge in [0, 0.05) is 42.1 Å². The molecule has 158 valence electrons. The number of aromatic nitrogens is 5. The van der Waals surface area contributed by atoms with Crippen molar-refractivity contribution in [3.05, 3.63) is 56.0 Å². The van der Waals surface area contributed by atoms with Crippen LogP contribution in [0.25, 0.3) is 0 Å². The second-order valence-electron chi connectivity index (χ2n) is 7.38. The van der Waals surface area contributed by atoms with E-state index in [4.69, 9.17) is 9.47 Å². The van der Waals surface area contributed by atoms with Gasteiger partial charge in [-0.15, -0.1) is 26.6 Å². The van der Waals surface area contributed by atoms with E-state index in [1.54, 1.807) is 30.7 Å². The van der Waals surface area contributed by atoms with Gasteiger partial charge in [-0.25, -0.2) is 4.68 Å². The lowest BCUT2D eigenvalue weighted by molar-refractivity contribution is 0.275. The molecule has 0 unspecified atom stereocenters. The van der Waals surface area contributed by atoms with Crippen molar-refractivity contribution in [2.24, 2.45) is 5.92 Å². The number of hydrogen-bond acceptors (Lipinski definition) is 8. The van der Waals surface area contributed by atoms with Crippen LogP contribution in [0.1, 0.15) is 40.5 Å². The Kier molecular flexibility index (Phi) is 6.08. The first-order chi connectivity index (χ1) is 14.6. The van der Waals surface area contributed by atoms with Gasteiger partial charge in [0.05, 0.1) is 19.9 Å². The van der Waals surface area contributed by atoms with E-state index in [9.17, 15) is 4.79 Å². The zero-order chi connectivity index (χ0) is 21.1. The van der Waals surface area contributed by atoms with Crippen LogP contribution in [0.3, 0.4) is 0 Å². The Balaban J connectivity index is 1.39. The van der Waals surface area contributed by atoms with E-state index in [0.717, 1.165) is 27.9 Å². The third-order valence-electron chi connectivity index (χ3n) is 5.24. The van der Waals surface area contributed by atoms with Gasteiger partial charge in [-0.1, -0.05) is 0 Å². The topological polar surface area (TPSA) is 92.0 Å². The molecule has 0 N–H and O–H groups in total. The molecular formula is C21H25N5O3S. The van der Waals surface area contributed by atoms with Gasteiger partial charge in [0.2, 0.25) is 5.88 Å². The van der Waals surface area contributed by atoms with Crippen molar-refractivity contribution in [3.63, 3.8) is 0 Å². The smallest absolute Gasteiger partial charge is 0.270 e. The molecule has 8 nitrogen and oxygen atoms in total. The van der Waals surface area contributed by atoms with Gasteiger partial charge in [0.25, 0.3) is 5.56 Å². The number of nitrogens with zero attached hydrogens (tertiary/aromatic N) is 5. The van der Waals surface area contributed by atoms with Gasteiger partial charge in [-0.05, 0) is 38.8 Å².